The molecule has 2 fully saturated rings. The maximum Gasteiger partial charge on any atom is 0.161 e. The first-order valence-electron chi connectivity index (χ1n) is 18.1. The van der Waals surface area contributed by atoms with E-state index in [9.17, 15) is 5.11 Å². The van der Waals surface area contributed by atoms with Crippen molar-refractivity contribution in [1.29, 1.82) is 0 Å². The minimum atomic E-state index is 0.0752. The number of ether oxygens (including phenoxy) is 5. The Morgan fingerprint density at radius 2 is 0.961 bits per heavy atom. The highest BCUT2D eigenvalue weighted by molar-refractivity contribution is 5.54. The van der Waals surface area contributed by atoms with Gasteiger partial charge in [-0.2, -0.15) is 0 Å². The fourth-order valence-corrected chi connectivity index (χ4v) is 7.27. The van der Waals surface area contributed by atoms with Crippen molar-refractivity contribution < 1.29 is 28.8 Å². The van der Waals surface area contributed by atoms with E-state index in [1.807, 2.05) is 66.7 Å². The SMILES string of the molecule is COCc1ccccc1N1CCN(CC2COc3ccccc3O2)CC1.OCc1ccccc1N1CCN(CC2COc3ccccc3O2)CC1. The van der Waals surface area contributed by atoms with E-state index in [4.69, 9.17) is 23.7 Å². The van der Waals surface area contributed by atoms with Gasteiger partial charge in [0.25, 0.3) is 0 Å². The maximum absolute atomic E-state index is 9.53. The summed E-state index contributed by atoms with van der Waals surface area (Å²) >= 11 is 0. The molecule has 4 aromatic rings. The number of piperazine rings is 2. The largest absolute Gasteiger partial charge is 0.486 e. The predicted molar refractivity (Wildman–Crippen MR) is 200 cm³/mol. The molecule has 0 aromatic heterocycles. The second-order valence-electron chi connectivity index (χ2n) is 13.4. The van der Waals surface area contributed by atoms with Gasteiger partial charge in [0.15, 0.2) is 23.0 Å². The number of methoxy groups -OCH3 is 1. The zero-order valence-corrected chi connectivity index (χ0v) is 29.6. The van der Waals surface area contributed by atoms with Crippen molar-refractivity contribution in [3.8, 4) is 23.0 Å². The molecule has 270 valence electrons. The highest BCUT2D eigenvalue weighted by atomic mass is 16.6. The fourth-order valence-electron chi connectivity index (χ4n) is 7.27. The van der Waals surface area contributed by atoms with Crippen molar-refractivity contribution in [2.45, 2.75) is 25.4 Å². The Morgan fingerprint density at radius 3 is 1.43 bits per heavy atom. The minimum absolute atomic E-state index is 0.0752. The van der Waals surface area contributed by atoms with Crippen molar-refractivity contribution in [1.82, 2.24) is 9.80 Å². The van der Waals surface area contributed by atoms with Crippen LogP contribution < -0.4 is 28.7 Å². The van der Waals surface area contributed by atoms with E-state index in [2.05, 4.69) is 49.9 Å². The quantitative estimate of drug-likeness (QED) is 0.261. The Balaban J connectivity index is 0.000000159. The lowest BCUT2D eigenvalue weighted by Gasteiger charge is -2.39. The molecular formula is C41H50N4O6. The Labute approximate surface area is 301 Å². The lowest BCUT2D eigenvalue weighted by atomic mass is 10.1. The Kier molecular flexibility index (Phi) is 11.8. The van der Waals surface area contributed by atoms with Crippen LogP contribution in [0.15, 0.2) is 97.1 Å². The zero-order valence-electron chi connectivity index (χ0n) is 29.6. The summed E-state index contributed by atoms with van der Waals surface area (Å²) in [6.07, 6.45) is 0.170. The first-order chi connectivity index (χ1) is 25.2. The number of hydrogen-bond donors (Lipinski definition) is 1. The number of rotatable bonds is 9. The summed E-state index contributed by atoms with van der Waals surface area (Å²) in [5, 5.41) is 9.53. The van der Waals surface area contributed by atoms with E-state index in [0.29, 0.717) is 19.8 Å². The van der Waals surface area contributed by atoms with Gasteiger partial charge in [-0.25, -0.2) is 0 Å². The third kappa shape index (κ3) is 8.88. The molecule has 4 aliphatic heterocycles. The van der Waals surface area contributed by atoms with Crippen LogP contribution in [0.2, 0.25) is 0 Å². The molecule has 0 amide bonds. The Hall–Kier alpha value is -4.48. The number of fused-ring (bicyclic) bond motifs is 2. The molecule has 2 atom stereocenters. The van der Waals surface area contributed by atoms with Crippen molar-refractivity contribution in [2.75, 3.05) is 95.6 Å². The molecule has 4 aromatic carbocycles. The standard InChI is InChI=1S/C21H26N2O3.C20H24N2O3/c1-24-15-17-6-2-3-7-19(17)23-12-10-22(11-13-23)14-18-16-25-20-8-4-5-9-21(20)26-18;23-14-16-5-1-2-6-18(16)22-11-9-21(10-12-22)13-17-15-24-19-7-3-4-8-20(19)25-17/h2-9,18H,10-16H2,1H3;1-8,17,23H,9-15H2. The van der Waals surface area contributed by atoms with Gasteiger partial charge in [-0.15, -0.1) is 0 Å². The summed E-state index contributed by atoms with van der Waals surface area (Å²) in [5.74, 6) is 3.39. The topological polar surface area (TPSA) is 79.3 Å². The normalized spacial score (nSPS) is 20.4. The predicted octanol–water partition coefficient (Wildman–Crippen LogP) is 4.94. The fraction of sp³-hybridized carbons (Fsp3) is 0.415. The highest BCUT2D eigenvalue weighted by Gasteiger charge is 2.27. The lowest BCUT2D eigenvalue weighted by Crippen LogP contribution is -2.50. The van der Waals surface area contributed by atoms with Crippen molar-refractivity contribution >= 4 is 11.4 Å². The van der Waals surface area contributed by atoms with Crippen LogP contribution in [0, 0.1) is 0 Å². The summed E-state index contributed by atoms with van der Waals surface area (Å²) in [5.41, 5.74) is 4.69. The first kappa shape index (κ1) is 34.9. The average molecular weight is 695 g/mol. The van der Waals surface area contributed by atoms with Gasteiger partial charge >= 0.3 is 0 Å². The maximum atomic E-state index is 9.53. The molecule has 10 nitrogen and oxygen atoms in total. The van der Waals surface area contributed by atoms with Crippen molar-refractivity contribution in [3.63, 3.8) is 0 Å². The Morgan fingerprint density at radius 1 is 0.549 bits per heavy atom. The zero-order chi connectivity index (χ0) is 34.8. The smallest absolute Gasteiger partial charge is 0.161 e. The van der Waals surface area contributed by atoms with Gasteiger partial charge in [-0.1, -0.05) is 60.7 Å². The third-order valence-corrected chi connectivity index (χ3v) is 9.94. The molecule has 2 saturated heterocycles. The van der Waals surface area contributed by atoms with E-state index >= 15 is 0 Å². The van der Waals surface area contributed by atoms with Crippen LogP contribution >= 0.6 is 0 Å². The molecular weight excluding hydrogens is 644 g/mol. The summed E-state index contributed by atoms with van der Waals surface area (Å²) in [6, 6.07) is 32.4. The number of benzene rings is 4. The number of hydrogen-bond acceptors (Lipinski definition) is 10. The molecule has 0 radical (unpaired) electrons. The van der Waals surface area contributed by atoms with Gasteiger partial charge in [0.05, 0.1) is 13.2 Å². The van der Waals surface area contributed by atoms with Gasteiger partial charge in [-0.05, 0) is 36.4 Å². The molecule has 0 aliphatic carbocycles. The monoisotopic (exact) mass is 694 g/mol. The number of nitrogens with zero attached hydrogens (tertiary/aromatic N) is 4. The molecule has 10 heteroatoms. The van der Waals surface area contributed by atoms with E-state index in [0.717, 1.165) is 99.7 Å². The highest BCUT2D eigenvalue weighted by Crippen LogP contribution is 2.32. The first-order valence-corrected chi connectivity index (χ1v) is 18.1. The molecule has 4 aliphatic rings. The summed E-state index contributed by atoms with van der Waals surface area (Å²) in [7, 11) is 1.75. The van der Waals surface area contributed by atoms with Crippen LogP contribution in [0.3, 0.4) is 0 Å². The molecule has 8 rings (SSSR count). The third-order valence-electron chi connectivity index (χ3n) is 9.94. The van der Waals surface area contributed by atoms with Gasteiger partial charge in [0.1, 0.15) is 25.4 Å². The Bertz CT molecular complexity index is 1690. The minimum Gasteiger partial charge on any atom is -0.486 e. The lowest BCUT2D eigenvalue weighted by molar-refractivity contribution is 0.0571. The van der Waals surface area contributed by atoms with E-state index in [-0.39, 0.29) is 18.8 Å². The molecule has 4 heterocycles. The van der Waals surface area contributed by atoms with Crippen LogP contribution in [0.4, 0.5) is 11.4 Å². The van der Waals surface area contributed by atoms with E-state index in [1.165, 1.54) is 11.3 Å². The van der Waals surface area contributed by atoms with E-state index < -0.39 is 0 Å². The molecule has 2 unspecified atom stereocenters. The number of aliphatic hydroxyl groups excluding tert-OH is 1. The van der Waals surface area contributed by atoms with Crippen molar-refractivity contribution in [3.05, 3.63) is 108 Å². The molecule has 51 heavy (non-hydrogen) atoms. The summed E-state index contributed by atoms with van der Waals surface area (Å²) in [4.78, 5) is 9.71. The summed E-state index contributed by atoms with van der Waals surface area (Å²) < 4.78 is 29.2. The molecule has 0 saturated carbocycles. The molecule has 0 bridgehead atoms. The number of anilines is 2. The van der Waals surface area contributed by atoms with Crippen LogP contribution in [-0.2, 0) is 18.0 Å². The van der Waals surface area contributed by atoms with Gasteiger partial charge in [-0.3, -0.25) is 9.80 Å². The molecule has 0 spiro atoms. The van der Waals surface area contributed by atoms with Gasteiger partial charge in [0.2, 0.25) is 0 Å². The number of para-hydroxylation sites is 6. The second-order valence-corrected chi connectivity index (χ2v) is 13.4. The van der Waals surface area contributed by atoms with Crippen molar-refractivity contribution in [2.24, 2.45) is 0 Å². The van der Waals surface area contributed by atoms with Gasteiger partial charge < -0.3 is 38.6 Å². The van der Waals surface area contributed by atoms with Crippen LogP contribution in [-0.4, -0.2) is 113 Å². The van der Waals surface area contributed by atoms with Crippen LogP contribution in [0.25, 0.3) is 0 Å². The number of aliphatic hydroxyl groups is 1. The van der Waals surface area contributed by atoms with E-state index in [1.54, 1.807) is 7.11 Å². The average Bonchev–Trinajstić information content (AvgIpc) is 3.19. The summed E-state index contributed by atoms with van der Waals surface area (Å²) in [6.45, 7) is 11.7. The molecule has 1 N–H and O–H groups in total. The second kappa shape index (κ2) is 17.2. The van der Waals surface area contributed by atoms with Crippen LogP contribution in [0.5, 0.6) is 23.0 Å². The van der Waals surface area contributed by atoms with Gasteiger partial charge in [0, 0.05) is 95.1 Å². The van der Waals surface area contributed by atoms with Crippen LogP contribution in [0.1, 0.15) is 11.1 Å².